The Morgan fingerprint density at radius 2 is 1.86 bits per heavy atom. The Balaban J connectivity index is 1.57. The van der Waals surface area contributed by atoms with E-state index in [9.17, 15) is 14.4 Å². The van der Waals surface area contributed by atoms with Gasteiger partial charge in [-0.1, -0.05) is 35.5 Å². The molecule has 0 aliphatic rings. The van der Waals surface area contributed by atoms with Gasteiger partial charge in [0.25, 0.3) is 11.5 Å². The number of rotatable bonds is 6. The number of aromatic nitrogens is 3. The largest absolute Gasteiger partial charge is 0.452 e. The van der Waals surface area contributed by atoms with Crippen LogP contribution in [0.4, 0.5) is 5.69 Å². The normalized spacial score (nSPS) is 11.8. The van der Waals surface area contributed by atoms with Crippen LogP contribution in [0.15, 0.2) is 53.3 Å². The van der Waals surface area contributed by atoms with Gasteiger partial charge in [0.05, 0.1) is 18.4 Å². The molecule has 3 rings (SSSR count). The molecule has 2 aromatic carbocycles. The first-order valence-electron chi connectivity index (χ1n) is 8.84. The number of hydrogen-bond acceptors (Lipinski definition) is 6. The van der Waals surface area contributed by atoms with E-state index in [2.05, 4.69) is 15.6 Å². The van der Waals surface area contributed by atoms with Gasteiger partial charge in [-0.05, 0) is 37.6 Å². The third-order valence-corrected chi connectivity index (χ3v) is 4.24. The summed E-state index contributed by atoms with van der Waals surface area (Å²) in [6, 6.07) is 14.2. The van der Waals surface area contributed by atoms with Gasteiger partial charge in [-0.3, -0.25) is 14.4 Å². The minimum absolute atomic E-state index is 0.0155. The van der Waals surface area contributed by atoms with Crippen molar-refractivity contribution in [1.29, 1.82) is 0 Å². The first kappa shape index (κ1) is 19.2. The number of carbonyl (C=O) groups is 2. The Morgan fingerprint density at radius 1 is 1.14 bits per heavy atom. The van der Waals surface area contributed by atoms with Crippen molar-refractivity contribution in [3.63, 3.8) is 0 Å². The van der Waals surface area contributed by atoms with Crippen LogP contribution in [0.2, 0.25) is 0 Å². The van der Waals surface area contributed by atoms with Crippen LogP contribution in [0.3, 0.4) is 0 Å². The summed E-state index contributed by atoms with van der Waals surface area (Å²) in [5.41, 5.74) is 1.73. The Morgan fingerprint density at radius 3 is 2.64 bits per heavy atom. The van der Waals surface area contributed by atoms with Crippen LogP contribution in [0.1, 0.15) is 18.9 Å². The molecule has 1 atom stereocenters. The van der Waals surface area contributed by atoms with Crippen molar-refractivity contribution in [3.8, 4) is 0 Å². The van der Waals surface area contributed by atoms with Crippen LogP contribution < -0.4 is 10.9 Å². The van der Waals surface area contributed by atoms with Crippen molar-refractivity contribution in [3.05, 3.63) is 64.4 Å². The molecule has 1 heterocycles. The third-order valence-electron chi connectivity index (χ3n) is 4.24. The standard InChI is InChI=1S/C20H20N4O4/c1-13-7-3-5-9-16(13)21-19(26)14(2)28-18(25)11-12-24-20(27)15-8-4-6-10-17(15)22-23-24/h3-10,14H,11-12H2,1-2H3,(H,21,26). The number of carbonyl (C=O) groups excluding carboxylic acids is 2. The molecule has 1 aromatic heterocycles. The van der Waals surface area contributed by atoms with Gasteiger partial charge in [-0.25, -0.2) is 4.68 Å². The summed E-state index contributed by atoms with van der Waals surface area (Å²) in [4.78, 5) is 36.6. The average Bonchev–Trinajstić information content (AvgIpc) is 2.69. The number of nitrogens with zero attached hydrogens (tertiary/aromatic N) is 3. The predicted molar refractivity (Wildman–Crippen MR) is 104 cm³/mol. The Bertz CT molecular complexity index is 1080. The average molecular weight is 380 g/mol. The van der Waals surface area contributed by atoms with E-state index in [0.717, 1.165) is 10.2 Å². The zero-order chi connectivity index (χ0) is 20.1. The van der Waals surface area contributed by atoms with Gasteiger partial charge >= 0.3 is 5.97 Å². The third kappa shape index (κ3) is 4.40. The second kappa shape index (κ2) is 8.43. The van der Waals surface area contributed by atoms with Gasteiger partial charge < -0.3 is 10.1 Å². The molecule has 0 saturated carbocycles. The number of para-hydroxylation sites is 1. The lowest BCUT2D eigenvalue weighted by molar-refractivity contribution is -0.153. The summed E-state index contributed by atoms with van der Waals surface area (Å²) in [7, 11) is 0. The molecule has 28 heavy (non-hydrogen) atoms. The molecule has 0 spiro atoms. The molecule has 1 amide bonds. The second-order valence-electron chi connectivity index (χ2n) is 6.32. The molecule has 144 valence electrons. The zero-order valence-corrected chi connectivity index (χ0v) is 15.6. The summed E-state index contributed by atoms with van der Waals surface area (Å²) < 4.78 is 6.27. The molecular formula is C20H20N4O4. The number of nitrogens with one attached hydrogen (secondary N) is 1. The molecule has 0 radical (unpaired) electrons. The molecule has 8 nitrogen and oxygen atoms in total. The molecular weight excluding hydrogens is 360 g/mol. The highest BCUT2D eigenvalue weighted by atomic mass is 16.5. The minimum Gasteiger partial charge on any atom is -0.452 e. The van der Waals surface area contributed by atoms with E-state index < -0.39 is 18.0 Å². The van der Waals surface area contributed by atoms with Crippen LogP contribution in [0.25, 0.3) is 10.9 Å². The Kier molecular flexibility index (Phi) is 5.78. The molecule has 1 unspecified atom stereocenters. The van der Waals surface area contributed by atoms with E-state index in [0.29, 0.717) is 16.6 Å². The molecule has 3 aromatic rings. The van der Waals surface area contributed by atoms with Gasteiger partial charge in [0, 0.05) is 5.69 Å². The number of aryl methyl sites for hydroxylation is 2. The monoisotopic (exact) mass is 380 g/mol. The highest BCUT2D eigenvalue weighted by Gasteiger charge is 2.19. The quantitative estimate of drug-likeness (QED) is 0.657. The topological polar surface area (TPSA) is 103 Å². The van der Waals surface area contributed by atoms with Gasteiger partial charge in [0.2, 0.25) is 0 Å². The second-order valence-corrected chi connectivity index (χ2v) is 6.32. The van der Waals surface area contributed by atoms with Crippen molar-refractivity contribution in [2.45, 2.75) is 32.9 Å². The highest BCUT2D eigenvalue weighted by molar-refractivity contribution is 5.95. The van der Waals surface area contributed by atoms with Crippen LogP contribution in [-0.4, -0.2) is 33.0 Å². The van der Waals surface area contributed by atoms with Gasteiger partial charge in [0.1, 0.15) is 5.52 Å². The molecule has 0 saturated heterocycles. The lowest BCUT2D eigenvalue weighted by Crippen LogP contribution is -2.31. The van der Waals surface area contributed by atoms with E-state index in [1.807, 2.05) is 25.1 Å². The molecule has 0 bridgehead atoms. The fraction of sp³-hybridized carbons (Fsp3) is 0.250. The van der Waals surface area contributed by atoms with Gasteiger partial charge in [-0.2, -0.15) is 0 Å². The molecule has 0 aliphatic carbocycles. The number of fused-ring (bicyclic) bond motifs is 1. The van der Waals surface area contributed by atoms with E-state index in [4.69, 9.17) is 4.74 Å². The lowest BCUT2D eigenvalue weighted by Gasteiger charge is -2.14. The van der Waals surface area contributed by atoms with Crippen molar-refractivity contribution < 1.29 is 14.3 Å². The number of benzene rings is 2. The number of amides is 1. The van der Waals surface area contributed by atoms with E-state index in [1.54, 1.807) is 30.3 Å². The van der Waals surface area contributed by atoms with Crippen molar-refractivity contribution >= 4 is 28.5 Å². The number of ether oxygens (including phenoxy) is 1. The number of esters is 1. The van der Waals surface area contributed by atoms with Crippen LogP contribution in [0.5, 0.6) is 0 Å². The maximum atomic E-state index is 12.4. The summed E-state index contributed by atoms with van der Waals surface area (Å²) in [5.74, 6) is -1.03. The fourth-order valence-electron chi connectivity index (χ4n) is 2.62. The summed E-state index contributed by atoms with van der Waals surface area (Å²) in [6.07, 6.45) is -1.07. The predicted octanol–water partition coefficient (Wildman–Crippen LogP) is 2.06. The number of anilines is 1. The lowest BCUT2D eigenvalue weighted by atomic mass is 10.2. The Labute approximate surface area is 161 Å². The summed E-state index contributed by atoms with van der Waals surface area (Å²) in [5, 5.41) is 10.9. The van der Waals surface area contributed by atoms with E-state index in [1.165, 1.54) is 6.92 Å². The first-order valence-corrected chi connectivity index (χ1v) is 8.84. The molecule has 0 fully saturated rings. The van der Waals surface area contributed by atoms with Crippen molar-refractivity contribution in [2.24, 2.45) is 0 Å². The number of hydrogen-bond donors (Lipinski definition) is 1. The maximum Gasteiger partial charge on any atom is 0.308 e. The van der Waals surface area contributed by atoms with Gasteiger partial charge in [0.15, 0.2) is 6.10 Å². The summed E-state index contributed by atoms with van der Waals surface area (Å²) >= 11 is 0. The van der Waals surface area contributed by atoms with Crippen molar-refractivity contribution in [1.82, 2.24) is 15.0 Å². The SMILES string of the molecule is Cc1ccccc1NC(=O)C(C)OC(=O)CCn1nnc2ccccc2c1=O. The van der Waals surface area contributed by atoms with Crippen LogP contribution in [-0.2, 0) is 20.9 Å². The first-order chi connectivity index (χ1) is 13.5. The zero-order valence-electron chi connectivity index (χ0n) is 15.6. The fourth-order valence-corrected chi connectivity index (χ4v) is 2.62. The smallest absolute Gasteiger partial charge is 0.308 e. The Hall–Kier alpha value is -3.55. The van der Waals surface area contributed by atoms with E-state index >= 15 is 0 Å². The molecule has 8 heteroatoms. The van der Waals surface area contributed by atoms with Crippen molar-refractivity contribution in [2.75, 3.05) is 5.32 Å². The van der Waals surface area contributed by atoms with Gasteiger partial charge in [-0.15, -0.1) is 5.10 Å². The summed E-state index contributed by atoms with van der Waals surface area (Å²) in [6.45, 7) is 3.38. The van der Waals surface area contributed by atoms with Crippen LogP contribution >= 0.6 is 0 Å². The van der Waals surface area contributed by atoms with Crippen LogP contribution in [0, 0.1) is 6.92 Å². The molecule has 1 N–H and O–H groups in total. The molecule has 0 aliphatic heterocycles. The van der Waals surface area contributed by atoms with E-state index in [-0.39, 0.29) is 18.5 Å². The maximum absolute atomic E-state index is 12.4. The minimum atomic E-state index is -0.966. The highest BCUT2D eigenvalue weighted by Crippen LogP contribution is 2.14.